The molecule has 1 aromatic rings. The Morgan fingerprint density at radius 1 is 1.14 bits per heavy atom. The van der Waals surface area contributed by atoms with Gasteiger partial charge in [0.15, 0.2) is 0 Å². The van der Waals surface area contributed by atoms with Crippen molar-refractivity contribution >= 4 is 5.82 Å². The summed E-state index contributed by atoms with van der Waals surface area (Å²) < 4.78 is 16.2. The molecular formula is C15H27N3O3. The van der Waals surface area contributed by atoms with Gasteiger partial charge in [-0.3, -0.25) is 0 Å². The number of hydrogen-bond donors (Lipinski definition) is 1. The van der Waals surface area contributed by atoms with E-state index in [-0.39, 0.29) is 5.92 Å². The largest absolute Gasteiger partial charge is 0.475 e. The maximum absolute atomic E-state index is 5.74. The number of nitrogens with one attached hydrogen (secondary N) is 1. The molecule has 1 aromatic heterocycles. The Labute approximate surface area is 127 Å². The van der Waals surface area contributed by atoms with Crippen LogP contribution in [-0.4, -0.2) is 50.1 Å². The lowest BCUT2D eigenvalue weighted by Crippen LogP contribution is -2.13. The van der Waals surface area contributed by atoms with Crippen LogP contribution in [0.15, 0.2) is 6.33 Å². The van der Waals surface area contributed by atoms with Crippen LogP contribution in [0.5, 0.6) is 5.88 Å². The van der Waals surface area contributed by atoms with E-state index < -0.39 is 0 Å². The zero-order chi connectivity index (χ0) is 15.5. The summed E-state index contributed by atoms with van der Waals surface area (Å²) in [7, 11) is 1.69. The third-order valence-electron chi connectivity index (χ3n) is 2.87. The van der Waals surface area contributed by atoms with Crippen LogP contribution < -0.4 is 10.1 Å². The molecule has 0 amide bonds. The minimum atomic E-state index is 0.290. The minimum absolute atomic E-state index is 0.290. The molecule has 0 spiro atoms. The number of nitrogens with zero attached hydrogens (tertiary/aromatic N) is 2. The van der Waals surface area contributed by atoms with Crippen LogP contribution in [0.3, 0.4) is 0 Å². The molecule has 1 heterocycles. The van der Waals surface area contributed by atoms with Crippen LogP contribution in [-0.2, 0) is 9.47 Å². The van der Waals surface area contributed by atoms with Crippen LogP contribution >= 0.6 is 0 Å². The van der Waals surface area contributed by atoms with Crippen molar-refractivity contribution in [2.75, 3.05) is 45.4 Å². The number of hydrogen-bond acceptors (Lipinski definition) is 6. The molecule has 0 saturated carbocycles. The summed E-state index contributed by atoms with van der Waals surface area (Å²) in [5.41, 5.74) is 1.01. The quantitative estimate of drug-likeness (QED) is 0.633. The van der Waals surface area contributed by atoms with E-state index >= 15 is 0 Å². The second-order valence-electron chi connectivity index (χ2n) is 4.93. The van der Waals surface area contributed by atoms with Gasteiger partial charge < -0.3 is 19.5 Å². The molecule has 0 fully saturated rings. The van der Waals surface area contributed by atoms with E-state index in [1.165, 1.54) is 6.33 Å². The summed E-state index contributed by atoms with van der Waals surface area (Å²) in [5, 5.41) is 3.25. The first-order valence-corrected chi connectivity index (χ1v) is 7.48. The Kier molecular flexibility index (Phi) is 8.69. The summed E-state index contributed by atoms with van der Waals surface area (Å²) in [6.07, 6.45) is 2.42. The van der Waals surface area contributed by atoms with Crippen molar-refractivity contribution in [2.24, 2.45) is 0 Å². The molecule has 0 atom stereocenters. The fraction of sp³-hybridized carbons (Fsp3) is 0.733. The van der Waals surface area contributed by atoms with Crippen molar-refractivity contribution in [3.63, 3.8) is 0 Å². The van der Waals surface area contributed by atoms with E-state index in [9.17, 15) is 0 Å². The second kappa shape index (κ2) is 10.3. The topological polar surface area (TPSA) is 65.5 Å². The molecule has 1 rings (SSSR count). The van der Waals surface area contributed by atoms with Crippen molar-refractivity contribution in [2.45, 2.75) is 33.1 Å². The van der Waals surface area contributed by atoms with Gasteiger partial charge in [-0.2, -0.15) is 0 Å². The predicted octanol–water partition coefficient (Wildman–Crippen LogP) is 2.46. The van der Waals surface area contributed by atoms with Crippen LogP contribution in [0.25, 0.3) is 0 Å². The molecule has 1 N–H and O–H groups in total. The van der Waals surface area contributed by atoms with Crippen LogP contribution in [0, 0.1) is 0 Å². The molecule has 0 unspecified atom stereocenters. The second-order valence-corrected chi connectivity index (χ2v) is 4.93. The lowest BCUT2D eigenvalue weighted by atomic mass is 10.1. The number of methoxy groups -OCH3 is 1. The third-order valence-corrected chi connectivity index (χ3v) is 2.87. The van der Waals surface area contributed by atoms with Gasteiger partial charge in [-0.1, -0.05) is 13.8 Å². The first-order chi connectivity index (χ1) is 10.2. The van der Waals surface area contributed by atoms with E-state index in [1.54, 1.807) is 7.11 Å². The highest BCUT2D eigenvalue weighted by molar-refractivity contribution is 5.50. The summed E-state index contributed by atoms with van der Waals surface area (Å²) in [6.45, 7) is 9.49. The fourth-order valence-corrected chi connectivity index (χ4v) is 1.93. The van der Waals surface area contributed by atoms with Gasteiger partial charge in [0.25, 0.3) is 0 Å². The predicted molar refractivity (Wildman–Crippen MR) is 83.1 cm³/mol. The highest BCUT2D eigenvalue weighted by Crippen LogP contribution is 2.29. The van der Waals surface area contributed by atoms with Crippen molar-refractivity contribution in [1.29, 1.82) is 0 Å². The molecule has 0 aliphatic carbocycles. The molecule has 21 heavy (non-hydrogen) atoms. The highest BCUT2D eigenvalue weighted by Gasteiger charge is 2.15. The summed E-state index contributed by atoms with van der Waals surface area (Å²) in [4.78, 5) is 8.52. The summed E-state index contributed by atoms with van der Waals surface area (Å²) in [5.74, 6) is 1.77. The van der Waals surface area contributed by atoms with Gasteiger partial charge in [0.2, 0.25) is 5.88 Å². The van der Waals surface area contributed by atoms with Crippen molar-refractivity contribution in [1.82, 2.24) is 9.97 Å². The van der Waals surface area contributed by atoms with Crippen molar-refractivity contribution in [3.05, 3.63) is 11.9 Å². The zero-order valence-corrected chi connectivity index (χ0v) is 13.5. The molecule has 0 saturated heterocycles. The first kappa shape index (κ1) is 17.7. The normalized spacial score (nSPS) is 10.9. The lowest BCUT2D eigenvalue weighted by Gasteiger charge is -2.16. The summed E-state index contributed by atoms with van der Waals surface area (Å²) >= 11 is 0. The van der Waals surface area contributed by atoms with E-state index in [4.69, 9.17) is 14.2 Å². The van der Waals surface area contributed by atoms with E-state index in [0.29, 0.717) is 25.7 Å². The van der Waals surface area contributed by atoms with Crippen LogP contribution in [0.1, 0.15) is 38.7 Å². The standard InChI is InChI=1S/C15H27N3O3/c1-5-16-14-13(12(2)3)15(18-11-17-14)21-10-9-20-8-6-7-19-4/h11-12H,5-10H2,1-4H3,(H,16,17,18). The van der Waals surface area contributed by atoms with Gasteiger partial charge in [0, 0.05) is 26.9 Å². The Morgan fingerprint density at radius 2 is 1.95 bits per heavy atom. The van der Waals surface area contributed by atoms with Gasteiger partial charge >= 0.3 is 0 Å². The molecule has 0 bridgehead atoms. The Hall–Kier alpha value is -1.40. The maximum Gasteiger partial charge on any atom is 0.222 e. The van der Waals surface area contributed by atoms with E-state index in [2.05, 4.69) is 29.1 Å². The number of rotatable bonds is 11. The van der Waals surface area contributed by atoms with Crippen molar-refractivity contribution in [3.8, 4) is 5.88 Å². The van der Waals surface area contributed by atoms with Crippen molar-refractivity contribution < 1.29 is 14.2 Å². The van der Waals surface area contributed by atoms with Gasteiger partial charge in [-0.05, 0) is 19.3 Å². The maximum atomic E-state index is 5.74. The molecule has 0 radical (unpaired) electrons. The smallest absolute Gasteiger partial charge is 0.222 e. The molecule has 6 nitrogen and oxygen atoms in total. The number of aromatic nitrogens is 2. The Morgan fingerprint density at radius 3 is 2.62 bits per heavy atom. The first-order valence-electron chi connectivity index (χ1n) is 7.48. The van der Waals surface area contributed by atoms with Gasteiger partial charge in [0.05, 0.1) is 12.2 Å². The molecular weight excluding hydrogens is 270 g/mol. The van der Waals surface area contributed by atoms with E-state index in [0.717, 1.165) is 31.0 Å². The molecule has 6 heteroatoms. The van der Waals surface area contributed by atoms with Gasteiger partial charge in [0.1, 0.15) is 18.8 Å². The van der Waals surface area contributed by atoms with Crippen LogP contribution in [0.4, 0.5) is 5.82 Å². The fourth-order valence-electron chi connectivity index (χ4n) is 1.93. The van der Waals surface area contributed by atoms with E-state index in [1.807, 2.05) is 6.92 Å². The Balaban J connectivity index is 2.48. The van der Waals surface area contributed by atoms with Crippen LogP contribution in [0.2, 0.25) is 0 Å². The Bertz CT molecular complexity index is 400. The average molecular weight is 297 g/mol. The molecule has 0 aliphatic rings. The van der Waals surface area contributed by atoms with Gasteiger partial charge in [-0.25, -0.2) is 9.97 Å². The zero-order valence-electron chi connectivity index (χ0n) is 13.5. The SMILES string of the molecule is CCNc1ncnc(OCCOCCCOC)c1C(C)C. The summed E-state index contributed by atoms with van der Waals surface area (Å²) in [6, 6.07) is 0. The molecule has 120 valence electrons. The lowest BCUT2D eigenvalue weighted by molar-refractivity contribution is 0.0792. The van der Waals surface area contributed by atoms with Gasteiger partial charge in [-0.15, -0.1) is 0 Å². The monoisotopic (exact) mass is 297 g/mol. The minimum Gasteiger partial charge on any atom is -0.475 e. The molecule has 0 aliphatic heterocycles. The number of ether oxygens (including phenoxy) is 3. The molecule has 0 aromatic carbocycles. The third kappa shape index (κ3) is 6.27. The number of anilines is 1. The average Bonchev–Trinajstić information content (AvgIpc) is 2.46. The highest BCUT2D eigenvalue weighted by atomic mass is 16.5.